The minimum absolute atomic E-state index is 0.0320. The maximum Gasteiger partial charge on any atom is 0.243 e. The zero-order chi connectivity index (χ0) is 11.5. The Balaban J connectivity index is 2.44. The summed E-state index contributed by atoms with van der Waals surface area (Å²) in [5.41, 5.74) is -0.431. The Morgan fingerprint density at radius 3 is 2.80 bits per heavy atom. The lowest BCUT2D eigenvalue weighted by atomic mass is 10.0. The Morgan fingerprint density at radius 2 is 2.33 bits per heavy atom. The summed E-state index contributed by atoms with van der Waals surface area (Å²) >= 11 is 0. The van der Waals surface area contributed by atoms with Crippen molar-refractivity contribution in [2.45, 2.75) is 44.7 Å². The third-order valence-electron chi connectivity index (χ3n) is 2.51. The van der Waals surface area contributed by atoms with Crippen molar-refractivity contribution in [3.63, 3.8) is 0 Å². The van der Waals surface area contributed by atoms with E-state index in [2.05, 4.69) is 10.6 Å². The van der Waals surface area contributed by atoms with Gasteiger partial charge < -0.3 is 15.7 Å². The molecule has 0 radical (unpaired) electrons. The Morgan fingerprint density at radius 1 is 1.67 bits per heavy atom. The van der Waals surface area contributed by atoms with E-state index in [4.69, 9.17) is 5.11 Å². The first-order valence-corrected chi connectivity index (χ1v) is 5.17. The van der Waals surface area contributed by atoms with E-state index in [0.29, 0.717) is 19.3 Å². The topological polar surface area (TPSA) is 78.4 Å². The van der Waals surface area contributed by atoms with Crippen molar-refractivity contribution in [2.24, 2.45) is 0 Å². The van der Waals surface area contributed by atoms with Crippen LogP contribution in [0.1, 0.15) is 33.1 Å². The Hall–Kier alpha value is -1.10. The van der Waals surface area contributed by atoms with E-state index in [1.165, 1.54) is 0 Å². The Labute approximate surface area is 89.2 Å². The lowest BCUT2D eigenvalue weighted by Gasteiger charge is -2.27. The molecule has 2 amide bonds. The number of hydrogen-bond acceptors (Lipinski definition) is 3. The van der Waals surface area contributed by atoms with Gasteiger partial charge in [-0.05, 0) is 26.7 Å². The van der Waals surface area contributed by atoms with Gasteiger partial charge in [-0.15, -0.1) is 0 Å². The number of rotatable bonds is 4. The van der Waals surface area contributed by atoms with Crippen molar-refractivity contribution in [3.8, 4) is 0 Å². The predicted octanol–water partition coefficient (Wildman–Crippen LogP) is -0.458. The summed E-state index contributed by atoms with van der Waals surface area (Å²) in [4.78, 5) is 22.6. The average molecular weight is 214 g/mol. The summed E-state index contributed by atoms with van der Waals surface area (Å²) in [5.74, 6) is -0.241. The second-order valence-corrected chi connectivity index (χ2v) is 4.51. The first-order valence-electron chi connectivity index (χ1n) is 5.17. The monoisotopic (exact) mass is 214 g/mol. The van der Waals surface area contributed by atoms with E-state index in [0.717, 1.165) is 0 Å². The van der Waals surface area contributed by atoms with Crippen LogP contribution in [0.25, 0.3) is 0 Å². The molecule has 1 fully saturated rings. The molecule has 1 heterocycles. The van der Waals surface area contributed by atoms with Crippen molar-refractivity contribution in [1.29, 1.82) is 0 Å². The molecule has 1 rings (SSSR count). The first-order chi connectivity index (χ1) is 6.94. The third-order valence-corrected chi connectivity index (χ3v) is 2.51. The summed E-state index contributed by atoms with van der Waals surface area (Å²) in [6.07, 6.45) is 1.47. The van der Waals surface area contributed by atoms with Gasteiger partial charge in [0.05, 0.1) is 0 Å². The van der Waals surface area contributed by atoms with Gasteiger partial charge in [0.2, 0.25) is 11.8 Å². The largest absolute Gasteiger partial charge is 0.396 e. The molecule has 5 heteroatoms. The van der Waals surface area contributed by atoms with Crippen LogP contribution < -0.4 is 10.6 Å². The van der Waals surface area contributed by atoms with Gasteiger partial charge in [0, 0.05) is 18.6 Å². The molecule has 0 aromatic rings. The standard InChI is InChI=1S/C10H18N2O3/c1-10(2,5-6-13)12-9(15)7-3-4-8(14)11-7/h7,13H,3-6H2,1-2H3,(H,11,14)(H,12,15)/t7-/m0/s1. The van der Waals surface area contributed by atoms with Crippen molar-refractivity contribution in [2.75, 3.05) is 6.61 Å². The van der Waals surface area contributed by atoms with Gasteiger partial charge in [-0.25, -0.2) is 0 Å². The fraction of sp³-hybridized carbons (Fsp3) is 0.800. The predicted molar refractivity (Wildman–Crippen MR) is 55.1 cm³/mol. The number of carbonyl (C=O) groups is 2. The van der Waals surface area contributed by atoms with Gasteiger partial charge in [-0.1, -0.05) is 0 Å². The van der Waals surface area contributed by atoms with E-state index in [9.17, 15) is 9.59 Å². The van der Waals surface area contributed by atoms with Gasteiger partial charge >= 0.3 is 0 Å². The highest BCUT2D eigenvalue weighted by Crippen LogP contribution is 2.11. The third kappa shape index (κ3) is 3.51. The van der Waals surface area contributed by atoms with Crippen molar-refractivity contribution in [3.05, 3.63) is 0 Å². The van der Waals surface area contributed by atoms with Gasteiger partial charge in [-0.2, -0.15) is 0 Å². The normalized spacial score (nSPS) is 21.3. The van der Waals surface area contributed by atoms with E-state index >= 15 is 0 Å². The number of aliphatic hydroxyl groups is 1. The Bertz CT molecular complexity index is 263. The fourth-order valence-corrected chi connectivity index (χ4v) is 1.57. The first kappa shape index (κ1) is 12.0. The fourth-order valence-electron chi connectivity index (χ4n) is 1.57. The van der Waals surface area contributed by atoms with Crippen LogP contribution >= 0.6 is 0 Å². The molecule has 86 valence electrons. The summed E-state index contributed by atoms with van der Waals surface area (Å²) in [6, 6.07) is -0.407. The smallest absolute Gasteiger partial charge is 0.243 e. The molecular weight excluding hydrogens is 196 g/mol. The van der Waals surface area contributed by atoms with Crippen LogP contribution in [0.3, 0.4) is 0 Å². The molecular formula is C10H18N2O3. The minimum atomic E-state index is -0.431. The molecule has 0 aromatic heterocycles. The van der Waals surface area contributed by atoms with E-state index in [1.54, 1.807) is 0 Å². The lowest BCUT2D eigenvalue weighted by molar-refractivity contribution is -0.127. The second kappa shape index (κ2) is 4.61. The molecule has 0 spiro atoms. The SMILES string of the molecule is CC(C)(CCO)NC(=O)[C@@H]1CCC(=O)N1. The summed E-state index contributed by atoms with van der Waals surface area (Å²) in [5, 5.41) is 14.2. The molecule has 0 aromatic carbocycles. The zero-order valence-electron chi connectivity index (χ0n) is 9.17. The molecule has 0 unspecified atom stereocenters. The van der Waals surface area contributed by atoms with Crippen molar-refractivity contribution >= 4 is 11.8 Å². The van der Waals surface area contributed by atoms with Crippen LogP contribution in [0.2, 0.25) is 0 Å². The van der Waals surface area contributed by atoms with Gasteiger partial charge in [0.1, 0.15) is 6.04 Å². The molecule has 1 aliphatic heterocycles. The van der Waals surface area contributed by atoms with Crippen LogP contribution in [-0.2, 0) is 9.59 Å². The average Bonchev–Trinajstić information content (AvgIpc) is 2.50. The molecule has 3 N–H and O–H groups in total. The molecule has 15 heavy (non-hydrogen) atoms. The highest BCUT2D eigenvalue weighted by molar-refractivity contribution is 5.91. The molecule has 1 atom stereocenters. The zero-order valence-corrected chi connectivity index (χ0v) is 9.17. The van der Waals surface area contributed by atoms with Gasteiger partial charge in [0.25, 0.3) is 0 Å². The van der Waals surface area contributed by atoms with Crippen LogP contribution in [-0.4, -0.2) is 35.1 Å². The summed E-state index contributed by atoms with van der Waals surface area (Å²) in [6.45, 7) is 3.72. The van der Waals surface area contributed by atoms with E-state index in [-0.39, 0.29) is 18.4 Å². The molecule has 5 nitrogen and oxygen atoms in total. The summed E-state index contributed by atoms with van der Waals surface area (Å²) in [7, 11) is 0. The highest BCUT2D eigenvalue weighted by Gasteiger charge is 2.30. The number of hydrogen-bond donors (Lipinski definition) is 3. The van der Waals surface area contributed by atoms with E-state index in [1.807, 2.05) is 13.8 Å². The molecule has 0 aliphatic carbocycles. The Kier molecular flexibility index (Phi) is 3.68. The van der Waals surface area contributed by atoms with Gasteiger partial charge in [-0.3, -0.25) is 9.59 Å². The maximum absolute atomic E-state index is 11.7. The second-order valence-electron chi connectivity index (χ2n) is 4.51. The lowest BCUT2D eigenvalue weighted by Crippen LogP contribution is -2.51. The van der Waals surface area contributed by atoms with E-state index < -0.39 is 11.6 Å². The molecule has 0 saturated carbocycles. The number of carbonyl (C=O) groups excluding carboxylic acids is 2. The molecule has 1 aliphatic rings. The van der Waals surface area contributed by atoms with Gasteiger partial charge in [0.15, 0.2) is 0 Å². The summed E-state index contributed by atoms with van der Waals surface area (Å²) < 4.78 is 0. The van der Waals surface area contributed by atoms with Crippen molar-refractivity contribution < 1.29 is 14.7 Å². The van der Waals surface area contributed by atoms with Crippen LogP contribution in [0.15, 0.2) is 0 Å². The van der Waals surface area contributed by atoms with Crippen LogP contribution in [0.4, 0.5) is 0 Å². The maximum atomic E-state index is 11.7. The number of aliphatic hydroxyl groups excluding tert-OH is 1. The van der Waals surface area contributed by atoms with Crippen molar-refractivity contribution in [1.82, 2.24) is 10.6 Å². The highest BCUT2D eigenvalue weighted by atomic mass is 16.3. The van der Waals surface area contributed by atoms with Crippen LogP contribution in [0, 0.1) is 0 Å². The molecule has 0 bridgehead atoms. The quantitative estimate of drug-likeness (QED) is 0.592. The minimum Gasteiger partial charge on any atom is -0.396 e. The number of amides is 2. The number of nitrogens with one attached hydrogen (secondary N) is 2. The van der Waals surface area contributed by atoms with Crippen LogP contribution in [0.5, 0.6) is 0 Å². The molecule has 1 saturated heterocycles.